The highest BCUT2D eigenvalue weighted by Gasteiger charge is 2.16. The second-order valence-electron chi connectivity index (χ2n) is 4.24. The predicted octanol–water partition coefficient (Wildman–Crippen LogP) is 1.79. The third kappa shape index (κ3) is 5.18. The highest BCUT2D eigenvalue weighted by Crippen LogP contribution is 2.16. The Morgan fingerprint density at radius 3 is 2.37 bits per heavy atom. The van der Waals surface area contributed by atoms with Crippen LogP contribution in [0.2, 0.25) is 0 Å². The maximum Gasteiger partial charge on any atom is 0.240 e. The number of methoxy groups -OCH3 is 1. The number of benzene rings is 1. The summed E-state index contributed by atoms with van der Waals surface area (Å²) in [4.78, 5) is 0.242. The fraction of sp³-hybridized carbons (Fsp3) is 0.538. The molecule has 6 heteroatoms. The summed E-state index contributed by atoms with van der Waals surface area (Å²) in [5, 5.41) is 0. The minimum Gasteiger partial charge on any atom is -0.491 e. The topological polar surface area (TPSA) is 64.6 Å². The summed E-state index contributed by atoms with van der Waals surface area (Å²) in [7, 11) is -1.85. The van der Waals surface area contributed by atoms with Crippen molar-refractivity contribution < 1.29 is 17.9 Å². The molecule has 0 spiro atoms. The van der Waals surface area contributed by atoms with Crippen LogP contribution in [0.5, 0.6) is 5.75 Å². The number of hydrogen-bond acceptors (Lipinski definition) is 4. The molecule has 1 unspecified atom stereocenters. The van der Waals surface area contributed by atoms with Crippen molar-refractivity contribution in [1.82, 2.24) is 4.72 Å². The van der Waals surface area contributed by atoms with Crippen molar-refractivity contribution in [3.05, 3.63) is 24.3 Å². The SMILES string of the molecule is CCC(C)NS(=O)(=O)c1ccc(OCCOC)cc1. The van der Waals surface area contributed by atoms with Gasteiger partial charge in [0.15, 0.2) is 0 Å². The van der Waals surface area contributed by atoms with Crippen LogP contribution in [0, 0.1) is 0 Å². The van der Waals surface area contributed by atoms with Gasteiger partial charge in [-0.1, -0.05) is 6.92 Å². The molecule has 5 nitrogen and oxygen atoms in total. The van der Waals surface area contributed by atoms with Crippen molar-refractivity contribution in [3.63, 3.8) is 0 Å². The van der Waals surface area contributed by atoms with Crippen LogP contribution in [0.3, 0.4) is 0 Å². The first-order valence-corrected chi connectivity index (χ1v) is 7.72. The molecule has 1 rings (SSSR count). The van der Waals surface area contributed by atoms with Crippen molar-refractivity contribution in [3.8, 4) is 5.75 Å². The molecule has 0 radical (unpaired) electrons. The van der Waals surface area contributed by atoms with E-state index in [9.17, 15) is 8.42 Å². The standard InChI is InChI=1S/C13H21NO4S/c1-4-11(2)14-19(15,16)13-7-5-12(6-8-13)18-10-9-17-3/h5-8,11,14H,4,9-10H2,1-3H3. The maximum absolute atomic E-state index is 12.0. The molecule has 19 heavy (non-hydrogen) atoms. The molecule has 0 aromatic heterocycles. The lowest BCUT2D eigenvalue weighted by atomic mass is 10.3. The van der Waals surface area contributed by atoms with E-state index in [0.717, 1.165) is 6.42 Å². The highest BCUT2D eigenvalue weighted by molar-refractivity contribution is 7.89. The van der Waals surface area contributed by atoms with Gasteiger partial charge in [-0.3, -0.25) is 0 Å². The smallest absolute Gasteiger partial charge is 0.240 e. The molecule has 1 aromatic rings. The van der Waals surface area contributed by atoms with E-state index in [2.05, 4.69) is 4.72 Å². The second-order valence-corrected chi connectivity index (χ2v) is 5.96. The molecule has 0 saturated heterocycles. The van der Waals surface area contributed by atoms with Crippen LogP contribution in [0.1, 0.15) is 20.3 Å². The third-order valence-corrected chi connectivity index (χ3v) is 4.26. The van der Waals surface area contributed by atoms with Crippen LogP contribution in [-0.2, 0) is 14.8 Å². The van der Waals surface area contributed by atoms with E-state index in [4.69, 9.17) is 9.47 Å². The Hall–Kier alpha value is -1.11. The Morgan fingerprint density at radius 2 is 1.84 bits per heavy atom. The molecule has 0 aliphatic rings. The maximum atomic E-state index is 12.0. The van der Waals surface area contributed by atoms with Gasteiger partial charge in [-0.05, 0) is 37.6 Å². The summed E-state index contributed by atoms with van der Waals surface area (Å²) < 4.78 is 36.9. The van der Waals surface area contributed by atoms with Gasteiger partial charge in [0.1, 0.15) is 12.4 Å². The first-order valence-electron chi connectivity index (χ1n) is 6.23. The van der Waals surface area contributed by atoms with Gasteiger partial charge in [-0.25, -0.2) is 13.1 Å². The van der Waals surface area contributed by atoms with E-state index in [0.29, 0.717) is 19.0 Å². The fourth-order valence-electron chi connectivity index (χ4n) is 1.37. The number of ether oxygens (including phenoxy) is 2. The molecule has 0 saturated carbocycles. The molecule has 0 fully saturated rings. The fourth-order valence-corrected chi connectivity index (χ4v) is 2.70. The van der Waals surface area contributed by atoms with Crippen LogP contribution in [-0.4, -0.2) is 34.8 Å². The lowest BCUT2D eigenvalue weighted by molar-refractivity contribution is 0.146. The predicted molar refractivity (Wildman–Crippen MR) is 73.9 cm³/mol. The molecule has 1 atom stereocenters. The average Bonchev–Trinajstić information content (AvgIpc) is 2.39. The first-order chi connectivity index (χ1) is 8.99. The lowest BCUT2D eigenvalue weighted by Crippen LogP contribution is -2.31. The van der Waals surface area contributed by atoms with Gasteiger partial charge in [0.25, 0.3) is 0 Å². The lowest BCUT2D eigenvalue weighted by Gasteiger charge is -2.12. The second kappa shape index (κ2) is 7.47. The summed E-state index contributed by atoms with van der Waals surface area (Å²) >= 11 is 0. The number of rotatable bonds is 8. The average molecular weight is 287 g/mol. The monoisotopic (exact) mass is 287 g/mol. The Balaban J connectivity index is 2.69. The Bertz CT molecular complexity index is 470. The van der Waals surface area contributed by atoms with Gasteiger partial charge >= 0.3 is 0 Å². The van der Waals surface area contributed by atoms with Crippen LogP contribution in [0.25, 0.3) is 0 Å². The van der Waals surface area contributed by atoms with Crippen molar-refractivity contribution in [1.29, 1.82) is 0 Å². The zero-order valence-corrected chi connectivity index (χ0v) is 12.4. The molecule has 1 N–H and O–H groups in total. The Morgan fingerprint density at radius 1 is 1.21 bits per heavy atom. The minimum atomic E-state index is -3.44. The molecule has 108 valence electrons. The van der Waals surface area contributed by atoms with E-state index in [-0.39, 0.29) is 10.9 Å². The molecular formula is C13H21NO4S. The summed E-state index contributed by atoms with van der Waals surface area (Å²) in [6, 6.07) is 6.27. The summed E-state index contributed by atoms with van der Waals surface area (Å²) in [6.07, 6.45) is 0.747. The van der Waals surface area contributed by atoms with Gasteiger partial charge in [0.05, 0.1) is 11.5 Å². The highest BCUT2D eigenvalue weighted by atomic mass is 32.2. The van der Waals surface area contributed by atoms with Crippen LogP contribution >= 0.6 is 0 Å². The van der Waals surface area contributed by atoms with Crippen LogP contribution in [0.15, 0.2) is 29.2 Å². The molecule has 0 aliphatic carbocycles. The van der Waals surface area contributed by atoms with Crippen molar-refractivity contribution in [2.75, 3.05) is 20.3 Å². The van der Waals surface area contributed by atoms with Gasteiger partial charge in [0, 0.05) is 13.2 Å². The van der Waals surface area contributed by atoms with E-state index in [1.165, 1.54) is 12.1 Å². The number of sulfonamides is 1. The van der Waals surface area contributed by atoms with Crippen molar-refractivity contribution in [2.45, 2.75) is 31.2 Å². The van der Waals surface area contributed by atoms with Crippen molar-refractivity contribution >= 4 is 10.0 Å². The Kier molecular flexibility index (Phi) is 6.27. The number of hydrogen-bond donors (Lipinski definition) is 1. The van der Waals surface area contributed by atoms with E-state index in [1.807, 2.05) is 13.8 Å². The van der Waals surface area contributed by atoms with E-state index in [1.54, 1.807) is 19.2 Å². The van der Waals surface area contributed by atoms with Crippen LogP contribution in [0.4, 0.5) is 0 Å². The zero-order valence-electron chi connectivity index (χ0n) is 11.5. The minimum absolute atomic E-state index is 0.0809. The zero-order chi connectivity index (χ0) is 14.3. The van der Waals surface area contributed by atoms with Gasteiger partial charge in [-0.2, -0.15) is 0 Å². The van der Waals surface area contributed by atoms with Crippen molar-refractivity contribution in [2.24, 2.45) is 0 Å². The summed E-state index contributed by atoms with van der Waals surface area (Å²) in [5.41, 5.74) is 0. The Labute approximate surface area is 115 Å². The normalized spacial score (nSPS) is 13.2. The van der Waals surface area contributed by atoms with E-state index >= 15 is 0 Å². The van der Waals surface area contributed by atoms with Gasteiger partial charge in [0.2, 0.25) is 10.0 Å². The van der Waals surface area contributed by atoms with Crippen LogP contribution < -0.4 is 9.46 Å². The summed E-state index contributed by atoms with van der Waals surface area (Å²) in [5.74, 6) is 0.625. The first kappa shape index (κ1) is 15.9. The molecular weight excluding hydrogens is 266 g/mol. The quantitative estimate of drug-likeness (QED) is 0.740. The summed E-state index contributed by atoms with van der Waals surface area (Å²) in [6.45, 7) is 4.70. The van der Waals surface area contributed by atoms with E-state index < -0.39 is 10.0 Å². The molecule has 0 amide bonds. The molecule has 0 bridgehead atoms. The van der Waals surface area contributed by atoms with Gasteiger partial charge in [-0.15, -0.1) is 0 Å². The number of nitrogens with one attached hydrogen (secondary N) is 1. The molecule has 0 aliphatic heterocycles. The molecule has 1 aromatic carbocycles. The molecule has 0 heterocycles. The largest absolute Gasteiger partial charge is 0.491 e. The van der Waals surface area contributed by atoms with Gasteiger partial charge < -0.3 is 9.47 Å². The third-order valence-electron chi connectivity index (χ3n) is 2.66.